The normalized spacial score (nSPS) is 10.9. The molecule has 7 nitrogen and oxygen atoms in total. The Morgan fingerprint density at radius 3 is 2.81 bits per heavy atom. The largest absolute Gasteiger partial charge is 0.465 e. The lowest BCUT2D eigenvalue weighted by molar-refractivity contribution is -0.378. The number of aromatic amines is 1. The summed E-state index contributed by atoms with van der Waals surface area (Å²) >= 11 is 0.885. The van der Waals surface area contributed by atoms with Crippen molar-refractivity contribution in [2.45, 2.75) is 0 Å². The molecular formula is C13H8N2O5S. The summed E-state index contributed by atoms with van der Waals surface area (Å²) in [5.74, 6) is -0.617. The summed E-state index contributed by atoms with van der Waals surface area (Å²) in [6.45, 7) is 0. The number of methoxy groups -OCH3 is 1. The lowest BCUT2D eigenvalue weighted by atomic mass is 10.1. The Kier molecular flexibility index (Phi) is 2.95. The third-order valence-corrected chi connectivity index (χ3v) is 4.09. The molecule has 0 radical (unpaired) electrons. The summed E-state index contributed by atoms with van der Waals surface area (Å²) in [5.41, 5.74) is -0.0731. The molecule has 106 valence electrons. The fraction of sp³-hybridized carbons (Fsp3) is 0.0769. The van der Waals surface area contributed by atoms with Crippen molar-refractivity contribution >= 4 is 44.0 Å². The standard InChI is InChI=1S/C13H8N2O5S/c1-20-13(17)7-4-2-3-6-9-8(11(16)14-10(6)7)5-21-12(9)15(18)19/h2-5H,1H3,(H,14,16). The van der Waals surface area contributed by atoms with Gasteiger partial charge in [-0.2, -0.15) is 0 Å². The topological polar surface area (TPSA) is 102 Å². The number of carbonyl (C=O) groups excluding carboxylic acids is 1. The van der Waals surface area contributed by atoms with E-state index in [4.69, 9.17) is 0 Å². The van der Waals surface area contributed by atoms with Crippen molar-refractivity contribution in [3.8, 4) is 0 Å². The number of nitrogens with zero attached hydrogens (tertiary/aromatic N) is 1. The van der Waals surface area contributed by atoms with Crippen molar-refractivity contribution in [2.75, 3.05) is 7.11 Å². The predicted molar refractivity (Wildman–Crippen MR) is 77.9 cm³/mol. The van der Waals surface area contributed by atoms with Crippen LogP contribution >= 0.6 is 11.3 Å². The smallest absolute Gasteiger partial charge is 0.339 e. The molecule has 0 saturated carbocycles. The number of fused-ring (bicyclic) bond motifs is 3. The van der Waals surface area contributed by atoms with Crippen molar-refractivity contribution in [3.05, 3.63) is 49.6 Å². The van der Waals surface area contributed by atoms with Crippen LogP contribution in [0.3, 0.4) is 0 Å². The minimum absolute atomic E-state index is 0.122. The number of rotatable bonds is 2. The maximum absolute atomic E-state index is 12.1. The average molecular weight is 304 g/mol. The van der Waals surface area contributed by atoms with Gasteiger partial charge in [0.15, 0.2) is 0 Å². The molecule has 8 heteroatoms. The maximum atomic E-state index is 12.1. The van der Waals surface area contributed by atoms with Gasteiger partial charge in [0.2, 0.25) is 0 Å². The summed E-state index contributed by atoms with van der Waals surface area (Å²) in [6.07, 6.45) is 0. The van der Waals surface area contributed by atoms with Crippen LogP contribution in [-0.4, -0.2) is 23.0 Å². The second-order valence-electron chi connectivity index (χ2n) is 4.26. The number of esters is 1. The Balaban J connectivity index is 2.55. The van der Waals surface area contributed by atoms with Gasteiger partial charge in [0.1, 0.15) is 0 Å². The zero-order chi connectivity index (χ0) is 15.1. The number of hydrogen-bond donors (Lipinski definition) is 1. The number of carbonyl (C=O) groups is 1. The number of aromatic nitrogens is 1. The Morgan fingerprint density at radius 1 is 1.38 bits per heavy atom. The molecule has 3 rings (SSSR count). The Labute approximate surface area is 120 Å². The van der Waals surface area contributed by atoms with Gasteiger partial charge in [-0.1, -0.05) is 23.5 Å². The van der Waals surface area contributed by atoms with Crippen LogP contribution in [0.2, 0.25) is 0 Å². The van der Waals surface area contributed by atoms with Crippen LogP contribution in [0.4, 0.5) is 5.00 Å². The first kappa shape index (κ1) is 13.3. The lowest BCUT2D eigenvalue weighted by Gasteiger charge is -2.05. The van der Waals surface area contributed by atoms with Crippen molar-refractivity contribution in [1.82, 2.24) is 4.98 Å². The van der Waals surface area contributed by atoms with Gasteiger partial charge >= 0.3 is 11.0 Å². The van der Waals surface area contributed by atoms with E-state index in [-0.39, 0.29) is 26.9 Å². The number of benzene rings is 1. The fourth-order valence-corrected chi connectivity index (χ4v) is 3.14. The van der Waals surface area contributed by atoms with Gasteiger partial charge in [-0.25, -0.2) is 4.79 Å². The summed E-state index contributed by atoms with van der Waals surface area (Å²) in [7, 11) is 1.23. The number of thiophene rings is 1. The molecule has 3 aromatic rings. The Hall–Kier alpha value is -2.74. The van der Waals surface area contributed by atoms with E-state index in [2.05, 4.69) is 9.72 Å². The zero-order valence-electron chi connectivity index (χ0n) is 10.7. The van der Waals surface area contributed by atoms with Crippen LogP contribution in [-0.2, 0) is 4.74 Å². The van der Waals surface area contributed by atoms with Crippen molar-refractivity contribution in [2.24, 2.45) is 0 Å². The van der Waals surface area contributed by atoms with Crippen LogP contribution < -0.4 is 5.56 Å². The number of hydrogen-bond acceptors (Lipinski definition) is 6. The predicted octanol–water partition coefficient (Wildman–Crippen LogP) is 2.44. The number of H-pyrrole nitrogens is 1. The SMILES string of the molecule is COC(=O)c1cccc2c1[nH]c(=O)c1csc([N+](=O)[O-])c12. The molecule has 2 heterocycles. The number of para-hydroxylation sites is 1. The highest BCUT2D eigenvalue weighted by Crippen LogP contribution is 2.36. The number of pyridine rings is 1. The fourth-order valence-electron chi connectivity index (χ4n) is 2.27. The number of nitrogens with one attached hydrogen (secondary N) is 1. The van der Waals surface area contributed by atoms with Crippen molar-refractivity contribution in [1.29, 1.82) is 0 Å². The van der Waals surface area contributed by atoms with E-state index in [1.54, 1.807) is 12.1 Å². The molecular weight excluding hydrogens is 296 g/mol. The molecule has 0 aliphatic carbocycles. The maximum Gasteiger partial charge on any atom is 0.339 e. The molecule has 1 N–H and O–H groups in total. The minimum Gasteiger partial charge on any atom is -0.465 e. The van der Waals surface area contributed by atoms with E-state index in [9.17, 15) is 19.7 Å². The number of ether oxygens (including phenoxy) is 1. The molecule has 2 aromatic heterocycles. The zero-order valence-corrected chi connectivity index (χ0v) is 11.5. The minimum atomic E-state index is -0.617. The van der Waals surface area contributed by atoms with Gasteiger partial charge in [-0.15, -0.1) is 0 Å². The molecule has 0 spiro atoms. The van der Waals surface area contributed by atoms with Gasteiger partial charge in [0, 0.05) is 10.8 Å². The van der Waals surface area contributed by atoms with E-state index in [0.29, 0.717) is 5.39 Å². The molecule has 0 saturated heterocycles. The van der Waals surface area contributed by atoms with Crippen molar-refractivity contribution < 1.29 is 14.5 Å². The van der Waals surface area contributed by atoms with E-state index in [0.717, 1.165) is 11.3 Å². The summed E-state index contributed by atoms with van der Waals surface area (Å²) in [5, 5.41) is 13.4. The van der Waals surface area contributed by atoms with Gasteiger partial charge < -0.3 is 9.72 Å². The van der Waals surface area contributed by atoms with Crippen LogP contribution in [0, 0.1) is 10.1 Å². The molecule has 0 unspecified atom stereocenters. The highest BCUT2D eigenvalue weighted by molar-refractivity contribution is 7.15. The van der Waals surface area contributed by atoms with Crippen LogP contribution in [0.25, 0.3) is 21.7 Å². The third-order valence-electron chi connectivity index (χ3n) is 3.16. The van der Waals surface area contributed by atoms with Gasteiger partial charge in [-0.3, -0.25) is 14.9 Å². The van der Waals surface area contributed by atoms with Crippen LogP contribution in [0.15, 0.2) is 28.4 Å². The number of nitro groups is 1. The van der Waals surface area contributed by atoms with Crippen LogP contribution in [0.1, 0.15) is 10.4 Å². The van der Waals surface area contributed by atoms with E-state index < -0.39 is 16.5 Å². The second kappa shape index (κ2) is 4.67. The van der Waals surface area contributed by atoms with E-state index in [1.165, 1.54) is 18.6 Å². The Morgan fingerprint density at radius 2 is 2.14 bits per heavy atom. The first-order valence-corrected chi connectivity index (χ1v) is 6.71. The molecule has 1 aromatic carbocycles. The molecule has 0 aliphatic rings. The van der Waals surface area contributed by atoms with Gasteiger partial charge in [0.25, 0.3) is 5.56 Å². The second-order valence-corrected chi connectivity index (χ2v) is 5.12. The monoisotopic (exact) mass is 304 g/mol. The Bertz CT molecular complexity index is 956. The molecule has 0 bridgehead atoms. The molecule has 0 amide bonds. The summed E-state index contributed by atoms with van der Waals surface area (Å²) in [4.78, 5) is 37.0. The average Bonchev–Trinajstić information content (AvgIpc) is 2.92. The first-order valence-electron chi connectivity index (χ1n) is 5.83. The lowest BCUT2D eigenvalue weighted by Crippen LogP contribution is -2.10. The molecule has 0 aliphatic heterocycles. The van der Waals surface area contributed by atoms with E-state index >= 15 is 0 Å². The third kappa shape index (κ3) is 1.88. The van der Waals surface area contributed by atoms with Crippen molar-refractivity contribution in [3.63, 3.8) is 0 Å². The van der Waals surface area contributed by atoms with Gasteiger partial charge in [-0.05, 0) is 6.07 Å². The molecule has 21 heavy (non-hydrogen) atoms. The van der Waals surface area contributed by atoms with E-state index in [1.807, 2.05) is 0 Å². The van der Waals surface area contributed by atoms with Crippen LogP contribution in [0.5, 0.6) is 0 Å². The highest BCUT2D eigenvalue weighted by atomic mass is 32.1. The summed E-state index contributed by atoms with van der Waals surface area (Å²) in [6, 6.07) is 4.71. The summed E-state index contributed by atoms with van der Waals surface area (Å²) < 4.78 is 4.66. The highest BCUT2D eigenvalue weighted by Gasteiger charge is 2.22. The quantitative estimate of drug-likeness (QED) is 0.445. The molecule has 0 fully saturated rings. The molecule has 0 atom stereocenters. The first-order chi connectivity index (χ1) is 10.0. The van der Waals surface area contributed by atoms with Gasteiger partial charge in [0.05, 0.1) is 33.9 Å².